The van der Waals surface area contributed by atoms with Gasteiger partial charge in [-0.1, -0.05) is 18.1 Å². The zero-order chi connectivity index (χ0) is 25.2. The third-order valence-electron chi connectivity index (χ3n) is 6.75. The number of Topliss-reactive ketones (excluding diaryl/α,β-unsaturated/α-hetero) is 1. The number of carbonyl (C=O) groups is 2. The molecule has 36 heavy (non-hydrogen) atoms. The van der Waals surface area contributed by atoms with Crippen LogP contribution in [0.25, 0.3) is 11.0 Å². The second-order valence-corrected chi connectivity index (χ2v) is 9.49. The van der Waals surface area contributed by atoms with E-state index in [4.69, 9.17) is 10.7 Å². The van der Waals surface area contributed by atoms with Crippen molar-refractivity contribution in [2.24, 2.45) is 11.7 Å². The molecule has 1 aliphatic carbocycles. The van der Waals surface area contributed by atoms with E-state index in [0.29, 0.717) is 41.3 Å². The number of anilines is 2. The van der Waals surface area contributed by atoms with Crippen molar-refractivity contribution < 1.29 is 9.59 Å². The number of amides is 1. The van der Waals surface area contributed by atoms with Gasteiger partial charge in [0, 0.05) is 36.8 Å². The number of piperidine rings is 1. The summed E-state index contributed by atoms with van der Waals surface area (Å²) in [6.07, 6.45) is 5.27. The number of imidazole rings is 1. The Bertz CT molecular complexity index is 1440. The maximum atomic E-state index is 13.6. The van der Waals surface area contributed by atoms with E-state index in [1.165, 1.54) is 4.57 Å². The lowest BCUT2D eigenvalue weighted by atomic mass is 10.1. The topological polar surface area (TPSA) is 115 Å². The normalized spacial score (nSPS) is 17.5. The zero-order valence-electron chi connectivity index (χ0n) is 20.4. The summed E-state index contributed by atoms with van der Waals surface area (Å²) in [7, 11) is 0. The molecular weight excluding hydrogens is 456 g/mol. The Balaban J connectivity index is 1.48. The first kappa shape index (κ1) is 23.8. The molecule has 5 rings (SSSR count). The lowest BCUT2D eigenvalue weighted by molar-refractivity contribution is -0.117. The largest absolute Gasteiger partial charge is 0.341 e. The van der Waals surface area contributed by atoms with E-state index in [-0.39, 0.29) is 35.8 Å². The molecule has 3 N–H and O–H groups in total. The SMILES string of the molecule is CC#CCn1c(N2CCCC(N)C2)nc2ccn(CC(=O)c3ccccc3NC(=O)C3CC3)c(=O)c21. The van der Waals surface area contributed by atoms with Crippen LogP contribution >= 0.6 is 0 Å². The molecule has 1 aliphatic heterocycles. The molecule has 1 atom stereocenters. The average Bonchev–Trinajstić information content (AvgIpc) is 3.66. The number of nitrogens with one attached hydrogen (secondary N) is 1. The Labute approximate surface area is 209 Å². The molecule has 1 saturated heterocycles. The standard InChI is InChI=1S/C27H30N6O3/c1-2-3-14-33-24-22(30-27(33)32-13-6-7-19(28)16-32)12-15-31(26(24)36)17-23(34)20-8-4-5-9-21(20)29-25(35)18-10-11-18/h4-5,8-9,12,15,18-19H,6-7,10-11,13-14,16-17,28H2,1H3,(H,29,35). The Morgan fingerprint density at radius 1 is 1.19 bits per heavy atom. The molecule has 0 radical (unpaired) electrons. The maximum Gasteiger partial charge on any atom is 0.277 e. The molecule has 0 bridgehead atoms. The van der Waals surface area contributed by atoms with Crippen molar-refractivity contribution in [3.05, 3.63) is 52.4 Å². The van der Waals surface area contributed by atoms with E-state index in [9.17, 15) is 14.4 Å². The second-order valence-electron chi connectivity index (χ2n) is 9.49. The number of nitrogens with two attached hydrogens (primary N) is 1. The molecule has 1 saturated carbocycles. The fraction of sp³-hybridized carbons (Fsp3) is 0.407. The maximum absolute atomic E-state index is 13.6. The highest BCUT2D eigenvalue weighted by molar-refractivity contribution is 6.05. The van der Waals surface area contributed by atoms with Gasteiger partial charge in [0.05, 0.1) is 24.3 Å². The van der Waals surface area contributed by atoms with Crippen molar-refractivity contribution in [2.45, 2.75) is 51.7 Å². The molecule has 0 spiro atoms. The molecule has 2 aromatic heterocycles. The summed E-state index contributed by atoms with van der Waals surface area (Å²) in [5, 5.41) is 2.87. The molecular formula is C27H30N6O3. The van der Waals surface area contributed by atoms with Gasteiger partial charge in [-0.15, -0.1) is 5.92 Å². The van der Waals surface area contributed by atoms with E-state index < -0.39 is 0 Å². The molecule has 1 unspecified atom stereocenters. The number of carbonyl (C=O) groups excluding carboxylic acids is 2. The number of hydrogen-bond donors (Lipinski definition) is 2. The second kappa shape index (κ2) is 9.99. The van der Waals surface area contributed by atoms with Crippen LogP contribution in [-0.2, 0) is 17.9 Å². The predicted octanol–water partition coefficient (Wildman–Crippen LogP) is 2.38. The van der Waals surface area contributed by atoms with E-state index in [0.717, 1.165) is 32.2 Å². The number of benzene rings is 1. The van der Waals surface area contributed by atoms with Crippen LogP contribution in [-0.4, -0.2) is 44.9 Å². The number of hydrogen-bond acceptors (Lipinski definition) is 6. The van der Waals surface area contributed by atoms with Gasteiger partial charge < -0.3 is 20.5 Å². The van der Waals surface area contributed by atoms with Gasteiger partial charge in [0.1, 0.15) is 5.52 Å². The molecule has 1 aromatic carbocycles. The van der Waals surface area contributed by atoms with Crippen molar-refractivity contribution in [3.8, 4) is 11.8 Å². The van der Waals surface area contributed by atoms with E-state index in [2.05, 4.69) is 22.1 Å². The van der Waals surface area contributed by atoms with Gasteiger partial charge in [0.25, 0.3) is 5.56 Å². The summed E-state index contributed by atoms with van der Waals surface area (Å²) in [5.41, 5.74) is 7.72. The first-order chi connectivity index (χ1) is 17.5. The van der Waals surface area contributed by atoms with Gasteiger partial charge in [-0.25, -0.2) is 4.98 Å². The van der Waals surface area contributed by atoms with Gasteiger partial charge in [-0.2, -0.15) is 0 Å². The fourth-order valence-electron chi connectivity index (χ4n) is 4.69. The summed E-state index contributed by atoms with van der Waals surface area (Å²) in [6, 6.07) is 8.73. The summed E-state index contributed by atoms with van der Waals surface area (Å²) in [4.78, 5) is 46.0. The Morgan fingerprint density at radius 2 is 2.00 bits per heavy atom. The minimum atomic E-state index is -0.307. The monoisotopic (exact) mass is 486 g/mol. The Hall–Kier alpha value is -3.90. The first-order valence-electron chi connectivity index (χ1n) is 12.4. The molecule has 1 amide bonds. The minimum Gasteiger partial charge on any atom is -0.341 e. The van der Waals surface area contributed by atoms with Crippen LogP contribution in [0.2, 0.25) is 0 Å². The van der Waals surface area contributed by atoms with Gasteiger partial charge in [-0.05, 0) is 50.8 Å². The smallest absolute Gasteiger partial charge is 0.277 e. The van der Waals surface area contributed by atoms with Crippen LogP contribution < -0.4 is 21.5 Å². The summed E-state index contributed by atoms with van der Waals surface area (Å²) < 4.78 is 3.23. The van der Waals surface area contributed by atoms with Crippen LogP contribution in [0.15, 0.2) is 41.3 Å². The van der Waals surface area contributed by atoms with Crippen LogP contribution in [0.5, 0.6) is 0 Å². The van der Waals surface area contributed by atoms with Gasteiger partial charge in [0.15, 0.2) is 5.78 Å². The van der Waals surface area contributed by atoms with Crippen molar-refractivity contribution in [3.63, 3.8) is 0 Å². The van der Waals surface area contributed by atoms with Crippen LogP contribution in [0.3, 0.4) is 0 Å². The zero-order valence-corrected chi connectivity index (χ0v) is 20.4. The average molecular weight is 487 g/mol. The van der Waals surface area contributed by atoms with Gasteiger partial charge in [-0.3, -0.25) is 19.0 Å². The highest BCUT2D eigenvalue weighted by Crippen LogP contribution is 2.31. The summed E-state index contributed by atoms with van der Waals surface area (Å²) in [6.45, 7) is 3.40. The van der Waals surface area contributed by atoms with Crippen molar-refractivity contribution in [1.29, 1.82) is 0 Å². The molecule has 3 aromatic rings. The van der Waals surface area contributed by atoms with Crippen LogP contribution in [0.1, 0.15) is 43.0 Å². The van der Waals surface area contributed by atoms with E-state index >= 15 is 0 Å². The Morgan fingerprint density at radius 3 is 2.75 bits per heavy atom. The number of para-hydroxylation sites is 1. The fourth-order valence-corrected chi connectivity index (χ4v) is 4.69. The molecule has 2 fully saturated rings. The molecule has 9 heteroatoms. The van der Waals surface area contributed by atoms with Crippen molar-refractivity contribution in [1.82, 2.24) is 14.1 Å². The minimum absolute atomic E-state index is 0.0216. The molecule has 2 aliphatic rings. The predicted molar refractivity (Wildman–Crippen MR) is 139 cm³/mol. The third kappa shape index (κ3) is 4.77. The van der Waals surface area contributed by atoms with Gasteiger partial charge in [0.2, 0.25) is 11.9 Å². The summed E-state index contributed by atoms with van der Waals surface area (Å²) >= 11 is 0. The number of rotatable bonds is 7. The van der Waals surface area contributed by atoms with Crippen LogP contribution in [0.4, 0.5) is 11.6 Å². The lowest BCUT2D eigenvalue weighted by Gasteiger charge is -2.31. The van der Waals surface area contributed by atoms with Crippen molar-refractivity contribution >= 4 is 34.4 Å². The Kier molecular flexibility index (Phi) is 6.61. The first-order valence-corrected chi connectivity index (χ1v) is 12.4. The van der Waals surface area contributed by atoms with E-state index in [1.54, 1.807) is 43.5 Å². The number of ketones is 1. The third-order valence-corrected chi connectivity index (χ3v) is 6.75. The van der Waals surface area contributed by atoms with Gasteiger partial charge >= 0.3 is 0 Å². The molecule has 9 nitrogen and oxygen atoms in total. The lowest BCUT2D eigenvalue weighted by Crippen LogP contribution is -2.44. The van der Waals surface area contributed by atoms with Crippen molar-refractivity contribution in [2.75, 3.05) is 23.3 Å². The van der Waals surface area contributed by atoms with Crippen LogP contribution in [0, 0.1) is 17.8 Å². The molecule has 3 heterocycles. The number of nitrogens with zero attached hydrogens (tertiary/aromatic N) is 4. The number of pyridine rings is 1. The quantitative estimate of drug-likeness (QED) is 0.391. The molecule has 186 valence electrons. The summed E-state index contributed by atoms with van der Waals surface area (Å²) in [5.74, 6) is 6.31. The number of fused-ring (bicyclic) bond motifs is 1. The highest BCUT2D eigenvalue weighted by Gasteiger charge is 2.30. The highest BCUT2D eigenvalue weighted by atomic mass is 16.2. The van der Waals surface area contributed by atoms with E-state index in [1.807, 2.05) is 4.57 Å². The number of aromatic nitrogens is 3.